The van der Waals surface area contributed by atoms with Crippen molar-refractivity contribution in [1.82, 2.24) is 10.2 Å². The number of benzene rings is 1. The third-order valence-electron chi connectivity index (χ3n) is 2.34. The summed E-state index contributed by atoms with van der Waals surface area (Å²) in [4.78, 5) is 0. The van der Waals surface area contributed by atoms with E-state index in [9.17, 15) is 8.42 Å². The zero-order chi connectivity index (χ0) is 13.0. The number of rotatable bonds is 4. The van der Waals surface area contributed by atoms with Crippen LogP contribution in [0.3, 0.4) is 0 Å². The Balaban J connectivity index is 2.25. The van der Waals surface area contributed by atoms with Crippen LogP contribution in [-0.2, 0) is 15.6 Å². The molecule has 1 aromatic heterocycles. The minimum atomic E-state index is -3.47. The molecule has 0 N–H and O–H groups in total. The molecular formula is C12H12N2O3S. The zero-order valence-electron chi connectivity index (χ0n) is 9.78. The van der Waals surface area contributed by atoms with Crippen LogP contribution in [0.2, 0.25) is 0 Å². The molecule has 0 bridgehead atoms. The molecule has 0 atom stereocenters. The molecule has 2 rings (SSSR count). The highest BCUT2D eigenvalue weighted by Crippen LogP contribution is 2.15. The van der Waals surface area contributed by atoms with Gasteiger partial charge in [-0.25, -0.2) is 8.42 Å². The van der Waals surface area contributed by atoms with Crippen molar-refractivity contribution < 1.29 is 13.2 Å². The van der Waals surface area contributed by atoms with Crippen molar-refractivity contribution in [2.75, 3.05) is 7.11 Å². The molecule has 2 aromatic rings. The summed E-state index contributed by atoms with van der Waals surface area (Å²) in [5, 5.41) is 7.26. The fraction of sp³-hybridized carbons (Fsp3) is 0.167. The third-order valence-corrected chi connectivity index (χ3v) is 3.91. The Bertz CT molecular complexity index is 610. The van der Waals surface area contributed by atoms with E-state index >= 15 is 0 Å². The zero-order valence-corrected chi connectivity index (χ0v) is 10.6. The van der Waals surface area contributed by atoms with Gasteiger partial charge >= 0.3 is 0 Å². The predicted molar refractivity (Wildman–Crippen MR) is 65.9 cm³/mol. The lowest BCUT2D eigenvalue weighted by atomic mass is 10.2. The van der Waals surface area contributed by atoms with Crippen molar-refractivity contribution in [2.45, 2.75) is 10.8 Å². The lowest BCUT2D eigenvalue weighted by Gasteiger charge is -2.03. The standard InChI is InChI=1S/C12H12N2O3S/c1-17-11-7-8-12(14-13-11)18(15,16)9-10-5-3-2-4-6-10/h2-8H,9H2,1H3. The summed E-state index contributed by atoms with van der Waals surface area (Å²) in [6.07, 6.45) is 0. The van der Waals surface area contributed by atoms with Crippen LogP contribution >= 0.6 is 0 Å². The fourth-order valence-electron chi connectivity index (χ4n) is 1.45. The van der Waals surface area contributed by atoms with E-state index in [-0.39, 0.29) is 16.7 Å². The maximum atomic E-state index is 12.1. The van der Waals surface area contributed by atoms with Crippen LogP contribution in [0.4, 0.5) is 0 Å². The summed E-state index contributed by atoms with van der Waals surface area (Å²) >= 11 is 0. The van der Waals surface area contributed by atoms with Crippen molar-refractivity contribution in [2.24, 2.45) is 0 Å². The van der Waals surface area contributed by atoms with E-state index in [2.05, 4.69) is 10.2 Å². The molecule has 0 fully saturated rings. The molecule has 0 aliphatic heterocycles. The van der Waals surface area contributed by atoms with Crippen LogP contribution in [-0.4, -0.2) is 25.7 Å². The summed E-state index contributed by atoms with van der Waals surface area (Å²) in [6.45, 7) is 0. The summed E-state index contributed by atoms with van der Waals surface area (Å²) < 4.78 is 28.9. The molecule has 0 saturated carbocycles. The maximum absolute atomic E-state index is 12.1. The van der Waals surface area contributed by atoms with E-state index in [1.165, 1.54) is 19.2 Å². The molecule has 0 unspecified atom stereocenters. The monoisotopic (exact) mass is 264 g/mol. The van der Waals surface area contributed by atoms with Crippen LogP contribution in [0.1, 0.15) is 5.56 Å². The minimum absolute atomic E-state index is 0.0489. The van der Waals surface area contributed by atoms with Gasteiger partial charge in [0, 0.05) is 6.07 Å². The lowest BCUT2D eigenvalue weighted by molar-refractivity contribution is 0.389. The molecule has 94 valence electrons. The van der Waals surface area contributed by atoms with Crippen LogP contribution in [0.25, 0.3) is 0 Å². The first-order valence-electron chi connectivity index (χ1n) is 5.26. The summed E-state index contributed by atoms with van der Waals surface area (Å²) in [5.41, 5.74) is 0.718. The highest BCUT2D eigenvalue weighted by atomic mass is 32.2. The van der Waals surface area contributed by atoms with Crippen LogP contribution in [0.5, 0.6) is 5.88 Å². The second-order valence-electron chi connectivity index (χ2n) is 3.66. The Hall–Kier alpha value is -1.95. The van der Waals surface area contributed by atoms with E-state index in [0.717, 1.165) is 5.56 Å². The van der Waals surface area contributed by atoms with Crippen LogP contribution < -0.4 is 4.74 Å². The Morgan fingerprint density at radius 1 is 1.06 bits per heavy atom. The van der Waals surface area contributed by atoms with E-state index < -0.39 is 9.84 Å². The van der Waals surface area contributed by atoms with Gasteiger partial charge in [-0.15, -0.1) is 10.2 Å². The highest BCUT2D eigenvalue weighted by Gasteiger charge is 2.17. The molecule has 0 aliphatic rings. The van der Waals surface area contributed by atoms with E-state index in [4.69, 9.17) is 4.74 Å². The van der Waals surface area contributed by atoms with Gasteiger partial charge in [0.25, 0.3) is 0 Å². The second kappa shape index (κ2) is 5.14. The molecule has 1 aromatic carbocycles. The smallest absolute Gasteiger partial charge is 0.233 e. The Labute approximate surface area is 105 Å². The van der Waals surface area contributed by atoms with E-state index in [0.29, 0.717) is 0 Å². The Morgan fingerprint density at radius 3 is 2.33 bits per heavy atom. The number of aromatic nitrogens is 2. The number of hydrogen-bond acceptors (Lipinski definition) is 5. The molecular weight excluding hydrogens is 252 g/mol. The molecule has 0 spiro atoms. The van der Waals surface area contributed by atoms with Gasteiger partial charge in [0.2, 0.25) is 15.7 Å². The first-order valence-corrected chi connectivity index (χ1v) is 6.91. The van der Waals surface area contributed by atoms with Gasteiger partial charge in [0.05, 0.1) is 12.9 Å². The van der Waals surface area contributed by atoms with Gasteiger partial charge in [0.1, 0.15) is 0 Å². The first kappa shape index (κ1) is 12.5. The van der Waals surface area contributed by atoms with Crippen molar-refractivity contribution in [3.05, 3.63) is 48.0 Å². The average molecular weight is 264 g/mol. The number of methoxy groups -OCH3 is 1. The Morgan fingerprint density at radius 2 is 1.78 bits per heavy atom. The second-order valence-corrected chi connectivity index (χ2v) is 5.60. The molecule has 6 heteroatoms. The molecule has 0 saturated heterocycles. The number of sulfone groups is 1. The quantitative estimate of drug-likeness (QED) is 0.836. The summed E-state index contributed by atoms with van der Waals surface area (Å²) in [7, 11) is -2.02. The van der Waals surface area contributed by atoms with E-state index in [1.54, 1.807) is 24.3 Å². The van der Waals surface area contributed by atoms with Crippen LogP contribution in [0, 0.1) is 0 Å². The summed E-state index contributed by atoms with van der Waals surface area (Å²) in [5.74, 6) is 0.197. The van der Waals surface area contributed by atoms with Crippen LogP contribution in [0.15, 0.2) is 47.5 Å². The average Bonchev–Trinajstić information content (AvgIpc) is 2.39. The van der Waals surface area contributed by atoms with E-state index in [1.807, 2.05) is 6.07 Å². The maximum Gasteiger partial charge on any atom is 0.233 e. The molecule has 0 radical (unpaired) electrons. The van der Waals surface area contributed by atoms with Gasteiger partial charge in [-0.1, -0.05) is 30.3 Å². The largest absolute Gasteiger partial charge is 0.480 e. The van der Waals surface area contributed by atoms with Gasteiger partial charge in [-0.05, 0) is 11.6 Å². The van der Waals surface area contributed by atoms with Gasteiger partial charge < -0.3 is 4.74 Å². The third kappa shape index (κ3) is 2.84. The molecule has 5 nitrogen and oxygen atoms in total. The normalized spacial score (nSPS) is 11.2. The first-order chi connectivity index (χ1) is 8.62. The van der Waals surface area contributed by atoms with Gasteiger partial charge in [0.15, 0.2) is 5.03 Å². The topological polar surface area (TPSA) is 69.2 Å². The SMILES string of the molecule is COc1ccc(S(=O)(=O)Cc2ccccc2)nn1. The lowest BCUT2D eigenvalue weighted by Crippen LogP contribution is -2.08. The number of hydrogen-bond donors (Lipinski definition) is 0. The van der Waals surface area contributed by atoms with Crippen molar-refractivity contribution in [3.8, 4) is 5.88 Å². The summed E-state index contributed by atoms with van der Waals surface area (Å²) in [6, 6.07) is 11.8. The predicted octanol–water partition coefficient (Wildman–Crippen LogP) is 1.46. The Kier molecular flexibility index (Phi) is 3.57. The van der Waals surface area contributed by atoms with Crippen molar-refractivity contribution in [3.63, 3.8) is 0 Å². The van der Waals surface area contributed by atoms with Gasteiger partial charge in [-0.2, -0.15) is 0 Å². The minimum Gasteiger partial charge on any atom is -0.480 e. The molecule has 1 heterocycles. The number of ether oxygens (including phenoxy) is 1. The highest BCUT2D eigenvalue weighted by molar-refractivity contribution is 7.90. The van der Waals surface area contributed by atoms with Crippen molar-refractivity contribution in [1.29, 1.82) is 0 Å². The van der Waals surface area contributed by atoms with Gasteiger partial charge in [-0.3, -0.25) is 0 Å². The fourth-order valence-corrected chi connectivity index (χ4v) is 2.67. The number of nitrogens with zero attached hydrogens (tertiary/aromatic N) is 2. The molecule has 0 amide bonds. The molecule has 18 heavy (non-hydrogen) atoms. The van der Waals surface area contributed by atoms with Crippen molar-refractivity contribution >= 4 is 9.84 Å². The molecule has 0 aliphatic carbocycles.